The van der Waals surface area contributed by atoms with Gasteiger partial charge in [0.05, 0.1) is 23.8 Å². The van der Waals surface area contributed by atoms with E-state index in [4.69, 9.17) is 9.84 Å². The van der Waals surface area contributed by atoms with E-state index in [1.54, 1.807) is 12.1 Å². The highest BCUT2D eigenvalue weighted by Gasteiger charge is 2.11. The highest BCUT2D eigenvalue weighted by Crippen LogP contribution is 2.30. The average molecular weight is 267 g/mol. The average Bonchev–Trinajstić information content (AvgIpc) is 2.73. The van der Waals surface area contributed by atoms with Crippen LogP contribution in [-0.4, -0.2) is 16.7 Å². The van der Waals surface area contributed by atoms with Gasteiger partial charge in [0.15, 0.2) is 11.6 Å². The third kappa shape index (κ3) is 2.52. The Hall–Kier alpha value is -1.46. The van der Waals surface area contributed by atoms with E-state index in [1.807, 2.05) is 13.8 Å². The molecule has 1 heterocycles. The van der Waals surface area contributed by atoms with Crippen LogP contribution in [0.15, 0.2) is 18.2 Å². The number of hydrogen-bond donors (Lipinski definition) is 1. The second-order valence-corrected chi connectivity index (χ2v) is 4.85. The Morgan fingerprint density at radius 3 is 2.78 bits per heavy atom. The molecule has 18 heavy (non-hydrogen) atoms. The quantitative estimate of drug-likeness (QED) is 0.925. The molecule has 5 heteroatoms. The lowest BCUT2D eigenvalue weighted by atomic mass is 10.2. The van der Waals surface area contributed by atoms with Crippen molar-refractivity contribution in [3.8, 4) is 16.3 Å². The summed E-state index contributed by atoms with van der Waals surface area (Å²) in [4.78, 5) is 5.12. The molecule has 0 amide bonds. The molecule has 0 aliphatic rings. The lowest BCUT2D eigenvalue weighted by molar-refractivity contribution is 0.284. The van der Waals surface area contributed by atoms with E-state index in [0.29, 0.717) is 17.2 Å². The standard InChI is InChI=1S/C13H14FNO2S/c1-3-17-11-5-4-9(6-10(11)14)13-15-8(2)12(7-16)18-13/h4-6,16H,3,7H2,1-2H3. The van der Waals surface area contributed by atoms with Gasteiger partial charge in [-0.15, -0.1) is 11.3 Å². The molecule has 1 aromatic heterocycles. The number of aliphatic hydroxyl groups is 1. The van der Waals surface area contributed by atoms with Crippen LogP contribution in [-0.2, 0) is 6.61 Å². The summed E-state index contributed by atoms with van der Waals surface area (Å²) in [5.74, 6) is -0.148. The summed E-state index contributed by atoms with van der Waals surface area (Å²) in [7, 11) is 0. The maximum absolute atomic E-state index is 13.7. The molecule has 0 bridgehead atoms. The SMILES string of the molecule is CCOc1ccc(-c2nc(C)c(CO)s2)cc1F. The minimum absolute atomic E-state index is 0.0387. The number of hydrogen-bond acceptors (Lipinski definition) is 4. The van der Waals surface area contributed by atoms with E-state index in [2.05, 4.69) is 4.98 Å². The summed E-state index contributed by atoms with van der Waals surface area (Å²) in [6.07, 6.45) is 0. The molecule has 0 saturated heterocycles. The van der Waals surface area contributed by atoms with Crippen LogP contribution in [0.3, 0.4) is 0 Å². The fourth-order valence-corrected chi connectivity index (χ4v) is 2.52. The Labute approximate surface area is 109 Å². The number of rotatable bonds is 4. The molecular formula is C13H14FNO2S. The van der Waals surface area contributed by atoms with Gasteiger partial charge in [0, 0.05) is 5.56 Å². The number of halogens is 1. The van der Waals surface area contributed by atoms with Crippen LogP contribution >= 0.6 is 11.3 Å². The number of nitrogens with zero attached hydrogens (tertiary/aromatic N) is 1. The minimum Gasteiger partial charge on any atom is -0.491 e. The molecule has 1 aromatic carbocycles. The minimum atomic E-state index is -0.396. The van der Waals surface area contributed by atoms with Crippen molar-refractivity contribution in [3.05, 3.63) is 34.6 Å². The van der Waals surface area contributed by atoms with Gasteiger partial charge in [0.1, 0.15) is 5.01 Å². The van der Waals surface area contributed by atoms with Crippen LogP contribution in [0, 0.1) is 12.7 Å². The fourth-order valence-electron chi connectivity index (χ4n) is 1.60. The summed E-state index contributed by atoms with van der Waals surface area (Å²) in [6, 6.07) is 4.78. The molecule has 0 saturated carbocycles. The van der Waals surface area contributed by atoms with Gasteiger partial charge in [0.2, 0.25) is 0 Å². The molecule has 2 aromatic rings. The largest absolute Gasteiger partial charge is 0.491 e. The van der Waals surface area contributed by atoms with Gasteiger partial charge in [-0.2, -0.15) is 0 Å². The molecule has 0 unspecified atom stereocenters. The van der Waals surface area contributed by atoms with Crippen molar-refractivity contribution in [3.63, 3.8) is 0 Å². The molecule has 0 radical (unpaired) electrons. The first-order chi connectivity index (χ1) is 8.65. The van der Waals surface area contributed by atoms with Crippen molar-refractivity contribution in [2.45, 2.75) is 20.5 Å². The first kappa shape index (κ1) is 13.0. The molecule has 2 rings (SSSR count). The second kappa shape index (κ2) is 5.46. The number of ether oxygens (including phenoxy) is 1. The summed E-state index contributed by atoms with van der Waals surface area (Å²) in [5, 5.41) is 9.83. The molecule has 0 fully saturated rings. The van der Waals surface area contributed by atoms with Crippen molar-refractivity contribution in [2.24, 2.45) is 0 Å². The molecule has 96 valence electrons. The smallest absolute Gasteiger partial charge is 0.165 e. The van der Waals surface area contributed by atoms with Gasteiger partial charge in [0.25, 0.3) is 0 Å². The van der Waals surface area contributed by atoms with Crippen LogP contribution in [0.4, 0.5) is 4.39 Å². The van der Waals surface area contributed by atoms with E-state index in [0.717, 1.165) is 10.6 Å². The normalized spacial score (nSPS) is 10.7. The lowest BCUT2D eigenvalue weighted by Gasteiger charge is -2.05. The van der Waals surface area contributed by atoms with Crippen LogP contribution in [0.2, 0.25) is 0 Å². The topological polar surface area (TPSA) is 42.4 Å². The molecule has 0 aliphatic carbocycles. The van der Waals surface area contributed by atoms with Crippen molar-refractivity contribution in [1.29, 1.82) is 0 Å². The zero-order valence-corrected chi connectivity index (χ0v) is 11.1. The van der Waals surface area contributed by atoms with E-state index in [9.17, 15) is 4.39 Å². The summed E-state index contributed by atoms with van der Waals surface area (Å²) in [5.41, 5.74) is 1.48. The Kier molecular flexibility index (Phi) is 3.93. The van der Waals surface area contributed by atoms with Crippen LogP contribution in [0.1, 0.15) is 17.5 Å². The maximum Gasteiger partial charge on any atom is 0.165 e. The zero-order chi connectivity index (χ0) is 13.1. The molecular weight excluding hydrogens is 253 g/mol. The van der Waals surface area contributed by atoms with E-state index >= 15 is 0 Å². The van der Waals surface area contributed by atoms with E-state index in [-0.39, 0.29) is 12.4 Å². The van der Waals surface area contributed by atoms with Crippen molar-refractivity contribution in [1.82, 2.24) is 4.98 Å². The van der Waals surface area contributed by atoms with E-state index < -0.39 is 5.82 Å². The highest BCUT2D eigenvalue weighted by atomic mass is 32.1. The first-order valence-corrected chi connectivity index (χ1v) is 6.47. The predicted molar refractivity (Wildman–Crippen MR) is 69.3 cm³/mol. The van der Waals surface area contributed by atoms with Gasteiger partial charge < -0.3 is 9.84 Å². The Morgan fingerprint density at radius 1 is 1.44 bits per heavy atom. The van der Waals surface area contributed by atoms with Gasteiger partial charge >= 0.3 is 0 Å². The predicted octanol–water partition coefficient (Wildman–Crippen LogP) is 3.15. The molecule has 1 N–H and O–H groups in total. The maximum atomic E-state index is 13.7. The lowest BCUT2D eigenvalue weighted by Crippen LogP contribution is -1.94. The third-order valence-electron chi connectivity index (χ3n) is 2.51. The molecule has 0 atom stereocenters. The number of thiazole rings is 1. The van der Waals surface area contributed by atoms with Crippen molar-refractivity contribution >= 4 is 11.3 Å². The molecule has 0 spiro atoms. The monoisotopic (exact) mass is 267 g/mol. The summed E-state index contributed by atoms with van der Waals surface area (Å²) >= 11 is 1.37. The van der Waals surface area contributed by atoms with Gasteiger partial charge in [-0.05, 0) is 32.0 Å². The number of aryl methyl sites for hydroxylation is 1. The number of aromatic nitrogens is 1. The van der Waals surface area contributed by atoms with Gasteiger partial charge in [-0.3, -0.25) is 0 Å². The summed E-state index contributed by atoms with van der Waals surface area (Å²) in [6.45, 7) is 4.03. The number of benzene rings is 1. The highest BCUT2D eigenvalue weighted by molar-refractivity contribution is 7.15. The molecule has 0 aliphatic heterocycles. The van der Waals surface area contributed by atoms with Crippen LogP contribution < -0.4 is 4.74 Å². The zero-order valence-electron chi connectivity index (χ0n) is 10.2. The van der Waals surface area contributed by atoms with Gasteiger partial charge in [-0.1, -0.05) is 0 Å². The first-order valence-electron chi connectivity index (χ1n) is 5.65. The third-order valence-corrected chi connectivity index (χ3v) is 3.71. The van der Waals surface area contributed by atoms with Crippen LogP contribution in [0.5, 0.6) is 5.75 Å². The Morgan fingerprint density at radius 2 is 2.22 bits per heavy atom. The van der Waals surface area contributed by atoms with Crippen molar-refractivity contribution < 1.29 is 14.2 Å². The number of aliphatic hydroxyl groups excluding tert-OH is 1. The van der Waals surface area contributed by atoms with Crippen molar-refractivity contribution in [2.75, 3.05) is 6.61 Å². The Balaban J connectivity index is 2.35. The second-order valence-electron chi connectivity index (χ2n) is 3.76. The van der Waals surface area contributed by atoms with Crippen LogP contribution in [0.25, 0.3) is 10.6 Å². The molecule has 3 nitrogen and oxygen atoms in total. The van der Waals surface area contributed by atoms with E-state index in [1.165, 1.54) is 17.4 Å². The fraction of sp³-hybridized carbons (Fsp3) is 0.308. The Bertz CT molecular complexity index is 554. The summed E-state index contributed by atoms with van der Waals surface area (Å²) < 4.78 is 18.9. The van der Waals surface area contributed by atoms with Gasteiger partial charge in [-0.25, -0.2) is 9.37 Å².